The number of benzene rings is 1. The van der Waals surface area contributed by atoms with Crippen molar-refractivity contribution >= 4 is 11.6 Å². The Morgan fingerprint density at radius 3 is 2.26 bits per heavy atom. The molecule has 1 heterocycles. The standard InChI is InChI=1S/C12H16F2N4O/c13-9-6-8(7-10(14)11(9)16-15)12(19)17-18-4-2-1-3-5-18/h6-7,16H,1-5,15H2,(H,17,19). The van der Waals surface area contributed by atoms with Crippen LogP contribution in [-0.4, -0.2) is 24.0 Å². The van der Waals surface area contributed by atoms with Gasteiger partial charge in [0.1, 0.15) is 5.69 Å². The van der Waals surface area contributed by atoms with Gasteiger partial charge in [-0.3, -0.25) is 16.1 Å². The van der Waals surface area contributed by atoms with Gasteiger partial charge in [0.15, 0.2) is 11.6 Å². The highest BCUT2D eigenvalue weighted by atomic mass is 19.1. The van der Waals surface area contributed by atoms with Crippen LogP contribution in [0.15, 0.2) is 12.1 Å². The second-order valence-corrected chi connectivity index (χ2v) is 4.45. The number of hydrogen-bond donors (Lipinski definition) is 3. The SMILES string of the molecule is NNc1c(F)cc(C(=O)NN2CCCCC2)cc1F. The number of carbonyl (C=O) groups excluding carboxylic acids is 1. The molecule has 1 aliphatic rings. The normalized spacial score (nSPS) is 16.2. The van der Waals surface area contributed by atoms with E-state index in [1.54, 1.807) is 5.01 Å². The van der Waals surface area contributed by atoms with E-state index in [0.717, 1.165) is 44.5 Å². The first-order chi connectivity index (χ1) is 9.11. The van der Waals surface area contributed by atoms with Crippen molar-refractivity contribution < 1.29 is 13.6 Å². The van der Waals surface area contributed by atoms with Gasteiger partial charge in [-0.25, -0.2) is 13.8 Å². The maximum atomic E-state index is 13.5. The number of rotatable bonds is 3. The van der Waals surface area contributed by atoms with E-state index in [0.29, 0.717) is 0 Å². The lowest BCUT2D eigenvalue weighted by molar-refractivity contribution is 0.0749. The Morgan fingerprint density at radius 1 is 1.16 bits per heavy atom. The molecular formula is C12H16F2N4O. The third-order valence-electron chi connectivity index (χ3n) is 3.06. The summed E-state index contributed by atoms with van der Waals surface area (Å²) in [5.74, 6) is 2.67. The van der Waals surface area contributed by atoms with E-state index in [2.05, 4.69) is 5.43 Å². The van der Waals surface area contributed by atoms with Crippen LogP contribution in [0, 0.1) is 11.6 Å². The van der Waals surface area contributed by atoms with E-state index in [4.69, 9.17) is 5.84 Å². The number of nitrogen functional groups attached to an aromatic ring is 1. The zero-order valence-electron chi connectivity index (χ0n) is 10.4. The van der Waals surface area contributed by atoms with Crippen LogP contribution in [0.4, 0.5) is 14.5 Å². The molecule has 104 valence electrons. The lowest BCUT2D eigenvalue weighted by atomic mass is 10.1. The Hall–Kier alpha value is -1.73. The molecule has 0 spiro atoms. The molecule has 5 nitrogen and oxygen atoms in total. The maximum Gasteiger partial charge on any atom is 0.265 e. The highest BCUT2D eigenvalue weighted by Gasteiger charge is 2.17. The number of hydrazine groups is 2. The molecule has 1 amide bonds. The Labute approximate surface area is 109 Å². The Balaban J connectivity index is 2.10. The predicted molar refractivity (Wildman–Crippen MR) is 67.1 cm³/mol. The monoisotopic (exact) mass is 270 g/mol. The van der Waals surface area contributed by atoms with E-state index in [-0.39, 0.29) is 5.56 Å². The first-order valence-corrected chi connectivity index (χ1v) is 6.13. The van der Waals surface area contributed by atoms with Gasteiger partial charge in [-0.1, -0.05) is 6.42 Å². The Bertz CT molecular complexity index is 452. The number of piperidine rings is 1. The van der Waals surface area contributed by atoms with Crippen LogP contribution in [0.3, 0.4) is 0 Å². The summed E-state index contributed by atoms with van der Waals surface area (Å²) in [5, 5.41) is 1.76. The smallest absolute Gasteiger partial charge is 0.265 e. The van der Waals surface area contributed by atoms with Crippen molar-refractivity contribution in [3.05, 3.63) is 29.3 Å². The molecule has 0 atom stereocenters. The van der Waals surface area contributed by atoms with Crippen LogP contribution in [0.5, 0.6) is 0 Å². The van der Waals surface area contributed by atoms with Crippen LogP contribution < -0.4 is 16.7 Å². The summed E-state index contributed by atoms with van der Waals surface area (Å²) in [4.78, 5) is 11.9. The average molecular weight is 270 g/mol. The average Bonchev–Trinajstić information content (AvgIpc) is 2.39. The minimum absolute atomic E-state index is 0.0698. The fourth-order valence-electron chi connectivity index (χ4n) is 2.06. The van der Waals surface area contributed by atoms with Gasteiger partial charge in [-0.2, -0.15) is 0 Å². The Kier molecular flexibility index (Phi) is 4.28. The molecule has 1 fully saturated rings. The number of amides is 1. The summed E-state index contributed by atoms with van der Waals surface area (Å²) in [6.45, 7) is 1.50. The number of nitrogens with zero attached hydrogens (tertiary/aromatic N) is 1. The van der Waals surface area contributed by atoms with Crippen LogP contribution in [-0.2, 0) is 0 Å². The third kappa shape index (κ3) is 3.18. The van der Waals surface area contributed by atoms with Gasteiger partial charge in [-0.15, -0.1) is 0 Å². The number of halogens is 2. The molecule has 4 N–H and O–H groups in total. The summed E-state index contributed by atoms with van der Waals surface area (Å²) >= 11 is 0. The van der Waals surface area contributed by atoms with Gasteiger partial charge in [0.2, 0.25) is 0 Å². The minimum atomic E-state index is -0.897. The highest BCUT2D eigenvalue weighted by molar-refractivity contribution is 5.94. The zero-order valence-corrected chi connectivity index (χ0v) is 10.4. The van der Waals surface area contributed by atoms with Gasteiger partial charge in [0, 0.05) is 18.7 Å². The molecule has 2 rings (SSSR count). The van der Waals surface area contributed by atoms with E-state index in [1.165, 1.54) is 0 Å². The van der Waals surface area contributed by atoms with Crippen LogP contribution in [0.25, 0.3) is 0 Å². The predicted octanol–water partition coefficient (Wildman–Crippen LogP) is 1.38. The fourth-order valence-corrected chi connectivity index (χ4v) is 2.06. The van der Waals surface area contributed by atoms with Crippen LogP contribution in [0.2, 0.25) is 0 Å². The van der Waals surface area contributed by atoms with Gasteiger partial charge in [0.05, 0.1) is 0 Å². The van der Waals surface area contributed by atoms with Crippen molar-refractivity contribution in [1.29, 1.82) is 0 Å². The number of carbonyl (C=O) groups is 1. The van der Waals surface area contributed by atoms with Crippen molar-refractivity contribution in [1.82, 2.24) is 10.4 Å². The van der Waals surface area contributed by atoms with Crippen molar-refractivity contribution in [2.24, 2.45) is 5.84 Å². The topological polar surface area (TPSA) is 70.4 Å². The summed E-state index contributed by atoms with van der Waals surface area (Å²) in [7, 11) is 0. The first-order valence-electron chi connectivity index (χ1n) is 6.13. The fraction of sp³-hybridized carbons (Fsp3) is 0.417. The van der Waals surface area contributed by atoms with Gasteiger partial charge >= 0.3 is 0 Å². The minimum Gasteiger partial charge on any atom is -0.319 e. The number of nitrogens with one attached hydrogen (secondary N) is 2. The number of hydrogen-bond acceptors (Lipinski definition) is 4. The third-order valence-corrected chi connectivity index (χ3v) is 3.06. The van der Waals surface area contributed by atoms with Crippen molar-refractivity contribution in [3.8, 4) is 0 Å². The summed E-state index contributed by atoms with van der Waals surface area (Å²) in [5.41, 5.74) is 4.04. The zero-order chi connectivity index (χ0) is 13.8. The molecule has 0 radical (unpaired) electrons. The summed E-state index contributed by atoms with van der Waals surface area (Å²) < 4.78 is 26.9. The molecule has 1 aliphatic heterocycles. The summed E-state index contributed by atoms with van der Waals surface area (Å²) in [6.07, 6.45) is 3.13. The second kappa shape index (κ2) is 5.94. The summed E-state index contributed by atoms with van der Waals surface area (Å²) in [6, 6.07) is 1.91. The quantitative estimate of drug-likeness (QED) is 0.573. The molecule has 0 saturated carbocycles. The largest absolute Gasteiger partial charge is 0.319 e. The van der Waals surface area contributed by atoms with Gasteiger partial charge in [-0.05, 0) is 25.0 Å². The lowest BCUT2D eigenvalue weighted by Crippen LogP contribution is -2.45. The molecular weight excluding hydrogens is 254 g/mol. The van der Waals surface area contributed by atoms with Crippen molar-refractivity contribution in [2.45, 2.75) is 19.3 Å². The lowest BCUT2D eigenvalue weighted by Gasteiger charge is -2.26. The van der Waals surface area contributed by atoms with E-state index >= 15 is 0 Å². The van der Waals surface area contributed by atoms with E-state index < -0.39 is 23.2 Å². The highest BCUT2D eigenvalue weighted by Crippen LogP contribution is 2.19. The second-order valence-electron chi connectivity index (χ2n) is 4.45. The number of nitrogens with two attached hydrogens (primary N) is 1. The molecule has 1 saturated heterocycles. The molecule has 1 aromatic rings. The van der Waals surface area contributed by atoms with Crippen LogP contribution in [0.1, 0.15) is 29.6 Å². The van der Waals surface area contributed by atoms with E-state index in [1.807, 2.05) is 5.43 Å². The van der Waals surface area contributed by atoms with Crippen molar-refractivity contribution in [3.63, 3.8) is 0 Å². The molecule has 0 aliphatic carbocycles. The van der Waals surface area contributed by atoms with Gasteiger partial charge in [0.25, 0.3) is 5.91 Å². The Morgan fingerprint density at radius 2 is 1.74 bits per heavy atom. The van der Waals surface area contributed by atoms with E-state index in [9.17, 15) is 13.6 Å². The molecule has 0 unspecified atom stereocenters. The van der Waals surface area contributed by atoms with Crippen LogP contribution >= 0.6 is 0 Å². The number of anilines is 1. The molecule has 1 aromatic carbocycles. The molecule has 7 heteroatoms. The molecule has 0 aromatic heterocycles. The molecule has 0 bridgehead atoms. The van der Waals surface area contributed by atoms with Crippen molar-refractivity contribution in [2.75, 3.05) is 18.5 Å². The molecule has 19 heavy (non-hydrogen) atoms. The first kappa shape index (κ1) is 13.7. The van der Waals surface area contributed by atoms with Gasteiger partial charge < -0.3 is 5.43 Å². The maximum absolute atomic E-state index is 13.5.